The molecule has 0 aliphatic heterocycles. The van der Waals surface area contributed by atoms with E-state index < -0.39 is 0 Å². The molecule has 0 bridgehead atoms. The van der Waals surface area contributed by atoms with Gasteiger partial charge in [0.2, 0.25) is 0 Å². The van der Waals surface area contributed by atoms with Crippen molar-refractivity contribution in [2.24, 2.45) is 5.41 Å². The summed E-state index contributed by atoms with van der Waals surface area (Å²) in [7, 11) is 0. The summed E-state index contributed by atoms with van der Waals surface area (Å²) in [5.74, 6) is 0. The minimum atomic E-state index is 0.453. The average molecular weight is 317 g/mol. The van der Waals surface area contributed by atoms with E-state index in [1.807, 2.05) is 12.1 Å². The molecule has 1 atom stereocenters. The molecule has 2 rings (SSSR count). The van der Waals surface area contributed by atoms with E-state index in [0.29, 0.717) is 11.5 Å². The molecule has 1 unspecified atom stereocenters. The molecule has 0 radical (unpaired) electrons. The molecule has 0 heterocycles. The van der Waals surface area contributed by atoms with E-state index in [9.17, 15) is 0 Å². The second-order valence-corrected chi connectivity index (χ2v) is 7.05. The Labute approximate surface area is 117 Å². The lowest BCUT2D eigenvalue weighted by atomic mass is 9.75. The van der Waals surface area contributed by atoms with Crippen LogP contribution in [0.4, 0.5) is 5.69 Å². The number of benzene rings is 1. The molecule has 1 fully saturated rings. The highest BCUT2D eigenvalue weighted by Gasteiger charge is 2.28. The second kappa shape index (κ2) is 5.19. The first-order valence-corrected chi connectivity index (χ1v) is 7.35. The van der Waals surface area contributed by atoms with Crippen molar-refractivity contribution in [1.82, 2.24) is 0 Å². The number of hydrogen-bond donors (Lipinski definition) is 1. The summed E-state index contributed by atoms with van der Waals surface area (Å²) in [6.45, 7) is 4.70. The Bertz CT molecular complexity index is 403. The first kappa shape index (κ1) is 13.2. The summed E-state index contributed by atoms with van der Waals surface area (Å²) in [6.07, 6.45) is 5.09. The van der Waals surface area contributed by atoms with Gasteiger partial charge in [-0.3, -0.25) is 0 Å². The van der Waals surface area contributed by atoms with Gasteiger partial charge in [-0.05, 0) is 42.9 Å². The number of nitrogens with one attached hydrogen (secondary N) is 1. The average Bonchev–Trinajstić information content (AvgIpc) is 2.22. The molecule has 0 saturated heterocycles. The monoisotopic (exact) mass is 315 g/mol. The highest BCUT2D eigenvalue weighted by Crippen LogP contribution is 2.37. The minimum absolute atomic E-state index is 0.453. The van der Waals surface area contributed by atoms with Crippen molar-refractivity contribution >= 4 is 33.2 Å². The lowest BCUT2D eigenvalue weighted by Crippen LogP contribution is -2.31. The Morgan fingerprint density at radius 1 is 1.41 bits per heavy atom. The van der Waals surface area contributed by atoms with Crippen LogP contribution in [0, 0.1) is 5.41 Å². The molecule has 94 valence electrons. The number of anilines is 1. The summed E-state index contributed by atoms with van der Waals surface area (Å²) in [4.78, 5) is 0. The fourth-order valence-electron chi connectivity index (χ4n) is 2.65. The molecule has 3 heteroatoms. The third-order valence-corrected chi connectivity index (χ3v) is 4.32. The van der Waals surface area contributed by atoms with Gasteiger partial charge in [0.1, 0.15) is 0 Å². The zero-order valence-electron chi connectivity index (χ0n) is 10.4. The molecular formula is C14H19BrClN. The van der Waals surface area contributed by atoms with E-state index >= 15 is 0 Å². The Kier molecular flexibility index (Phi) is 4.04. The molecule has 1 aromatic rings. The van der Waals surface area contributed by atoms with Gasteiger partial charge in [-0.1, -0.05) is 47.8 Å². The van der Waals surface area contributed by atoms with Crippen LogP contribution in [0.5, 0.6) is 0 Å². The summed E-state index contributed by atoms with van der Waals surface area (Å²) in [5, 5.41) is 4.39. The zero-order chi connectivity index (χ0) is 12.5. The van der Waals surface area contributed by atoms with E-state index in [4.69, 9.17) is 11.6 Å². The fraction of sp³-hybridized carbons (Fsp3) is 0.571. The van der Waals surface area contributed by atoms with Gasteiger partial charge in [-0.25, -0.2) is 0 Å². The Morgan fingerprint density at radius 3 is 2.88 bits per heavy atom. The molecule has 0 aromatic heterocycles. The van der Waals surface area contributed by atoms with Crippen molar-refractivity contribution in [3.8, 4) is 0 Å². The molecule has 1 aliphatic rings. The molecule has 1 aromatic carbocycles. The van der Waals surface area contributed by atoms with Gasteiger partial charge in [-0.15, -0.1) is 0 Å². The molecule has 1 N–H and O–H groups in total. The minimum Gasteiger partial charge on any atom is -0.381 e. The maximum absolute atomic E-state index is 6.20. The first-order chi connectivity index (χ1) is 7.96. The van der Waals surface area contributed by atoms with Crippen LogP contribution >= 0.6 is 27.5 Å². The van der Waals surface area contributed by atoms with Crippen molar-refractivity contribution in [3.05, 3.63) is 27.7 Å². The lowest BCUT2D eigenvalue weighted by molar-refractivity contribution is 0.229. The van der Waals surface area contributed by atoms with Crippen LogP contribution in [0.1, 0.15) is 39.5 Å². The zero-order valence-corrected chi connectivity index (χ0v) is 12.7. The van der Waals surface area contributed by atoms with Gasteiger partial charge in [0.25, 0.3) is 0 Å². The van der Waals surface area contributed by atoms with Gasteiger partial charge < -0.3 is 5.32 Å². The van der Waals surface area contributed by atoms with Crippen LogP contribution < -0.4 is 5.32 Å². The highest BCUT2D eigenvalue weighted by molar-refractivity contribution is 9.10. The van der Waals surface area contributed by atoms with Gasteiger partial charge >= 0.3 is 0 Å². The fourth-order valence-corrected chi connectivity index (χ4v) is 3.18. The van der Waals surface area contributed by atoms with Gasteiger partial charge in [0.05, 0.1) is 10.7 Å². The highest BCUT2D eigenvalue weighted by atomic mass is 79.9. The van der Waals surface area contributed by atoms with Crippen LogP contribution in [0.15, 0.2) is 22.7 Å². The normalized spacial score (nSPS) is 23.4. The van der Waals surface area contributed by atoms with Crippen LogP contribution in [0.3, 0.4) is 0 Å². The third kappa shape index (κ3) is 3.62. The van der Waals surface area contributed by atoms with Crippen molar-refractivity contribution in [1.29, 1.82) is 0 Å². The molecular weight excluding hydrogens is 298 g/mol. The number of rotatable bonds is 2. The Balaban J connectivity index is 2.07. The van der Waals surface area contributed by atoms with Crippen LogP contribution in [0.25, 0.3) is 0 Å². The Morgan fingerprint density at radius 2 is 2.18 bits per heavy atom. The van der Waals surface area contributed by atoms with Crippen molar-refractivity contribution < 1.29 is 0 Å². The topological polar surface area (TPSA) is 12.0 Å². The van der Waals surface area contributed by atoms with Crippen molar-refractivity contribution in [2.45, 2.75) is 45.6 Å². The van der Waals surface area contributed by atoms with E-state index in [-0.39, 0.29) is 0 Å². The van der Waals surface area contributed by atoms with Crippen LogP contribution in [0.2, 0.25) is 5.02 Å². The summed E-state index contributed by atoms with van der Waals surface area (Å²) < 4.78 is 1.07. The molecule has 0 spiro atoms. The van der Waals surface area contributed by atoms with E-state index in [2.05, 4.69) is 41.2 Å². The Hall–Kier alpha value is -0.210. The van der Waals surface area contributed by atoms with Crippen LogP contribution in [-0.4, -0.2) is 6.04 Å². The maximum atomic E-state index is 6.20. The molecule has 0 amide bonds. The molecule has 17 heavy (non-hydrogen) atoms. The third-order valence-electron chi connectivity index (χ3n) is 3.49. The van der Waals surface area contributed by atoms with E-state index in [1.165, 1.54) is 25.7 Å². The molecule has 1 saturated carbocycles. The first-order valence-electron chi connectivity index (χ1n) is 6.18. The largest absolute Gasteiger partial charge is 0.381 e. The predicted octanol–water partition coefficient (Wildman–Crippen LogP) is 5.48. The summed E-state index contributed by atoms with van der Waals surface area (Å²) in [6, 6.07) is 6.51. The van der Waals surface area contributed by atoms with Crippen molar-refractivity contribution in [2.75, 3.05) is 5.32 Å². The predicted molar refractivity (Wildman–Crippen MR) is 78.8 cm³/mol. The maximum Gasteiger partial charge on any atom is 0.0638 e. The number of hydrogen-bond acceptors (Lipinski definition) is 1. The summed E-state index contributed by atoms with van der Waals surface area (Å²) in [5.41, 5.74) is 1.50. The van der Waals surface area contributed by atoms with Gasteiger partial charge in [-0.2, -0.15) is 0 Å². The van der Waals surface area contributed by atoms with E-state index in [0.717, 1.165) is 15.2 Å². The lowest BCUT2D eigenvalue weighted by Gasteiger charge is -2.36. The second-order valence-electron chi connectivity index (χ2n) is 5.73. The van der Waals surface area contributed by atoms with Gasteiger partial charge in [0.15, 0.2) is 0 Å². The SMILES string of the molecule is CC1(C)CCCC(Nc2cc(Br)ccc2Cl)C1. The van der Waals surface area contributed by atoms with Crippen LogP contribution in [-0.2, 0) is 0 Å². The quantitative estimate of drug-likeness (QED) is 0.761. The molecule has 1 nitrogen and oxygen atoms in total. The van der Waals surface area contributed by atoms with Crippen molar-refractivity contribution in [3.63, 3.8) is 0 Å². The number of halogens is 2. The standard InChI is InChI=1S/C14H19BrClN/c1-14(2)7-3-4-11(9-14)17-13-8-10(15)5-6-12(13)16/h5-6,8,11,17H,3-4,7,9H2,1-2H3. The smallest absolute Gasteiger partial charge is 0.0638 e. The summed E-state index contributed by atoms with van der Waals surface area (Å²) >= 11 is 9.69. The van der Waals surface area contributed by atoms with Gasteiger partial charge in [0, 0.05) is 10.5 Å². The molecule has 1 aliphatic carbocycles. The van der Waals surface area contributed by atoms with E-state index in [1.54, 1.807) is 0 Å².